The van der Waals surface area contributed by atoms with Crippen molar-refractivity contribution in [3.8, 4) is 10.4 Å². The summed E-state index contributed by atoms with van der Waals surface area (Å²) in [5, 5.41) is 21.1. The zero-order valence-corrected chi connectivity index (χ0v) is 44.5. The van der Waals surface area contributed by atoms with Crippen LogP contribution in [0.3, 0.4) is 0 Å². The predicted molar refractivity (Wildman–Crippen MR) is 284 cm³/mol. The van der Waals surface area contributed by atoms with Crippen LogP contribution in [0.4, 0.5) is 5.69 Å². The van der Waals surface area contributed by atoms with Crippen molar-refractivity contribution in [3.05, 3.63) is 106 Å². The van der Waals surface area contributed by atoms with Crippen LogP contribution in [-0.4, -0.2) is 104 Å². The number of amides is 4. The van der Waals surface area contributed by atoms with Crippen molar-refractivity contribution in [1.82, 2.24) is 15.2 Å². The molecule has 0 spiro atoms. The molecule has 0 radical (unpaired) electrons. The number of hydrogen-bond acceptors (Lipinski definition) is 12. The van der Waals surface area contributed by atoms with Gasteiger partial charge >= 0.3 is 0 Å². The maximum atomic E-state index is 14.1. The fraction of sp³-hybridized carbons (Fsp3) is 0.509. The number of aromatic nitrogens is 1. The van der Waals surface area contributed by atoms with Crippen molar-refractivity contribution in [2.45, 2.75) is 168 Å². The van der Waals surface area contributed by atoms with E-state index in [1.165, 1.54) is 4.90 Å². The SMILES string of the molecule is CC(=O)O.Cc1ncsc1-c1ccc(CCC(=O)[C@@H]2C[C@H](O)CN2C(=O)[C@@H](NC(=O)CCCCc2ccc(CO[C@H](C)[C@H](CCC(N)=O)CC(=O)[C@@H]3Cc4cccc5c4N3C(=O)[C@@H](N)CC5)cc2)C(C)(C)C)cc1. The van der Waals surface area contributed by atoms with Crippen LogP contribution in [0.1, 0.15) is 126 Å². The van der Waals surface area contributed by atoms with Crippen LogP contribution in [-0.2, 0) is 70.6 Å². The Kier molecular flexibility index (Phi) is 20.0. The van der Waals surface area contributed by atoms with Crippen LogP contribution in [0.15, 0.2) is 72.2 Å². The Morgan fingerprint density at radius 2 is 1.54 bits per heavy atom. The second kappa shape index (κ2) is 25.9. The fourth-order valence-electron chi connectivity index (χ4n) is 10.2. The summed E-state index contributed by atoms with van der Waals surface area (Å²) in [5.74, 6) is -2.61. The highest BCUT2D eigenvalue weighted by Gasteiger charge is 2.45. The molecule has 3 aliphatic heterocycles. The molecule has 3 aliphatic rings. The van der Waals surface area contributed by atoms with E-state index < -0.39 is 47.6 Å². The number of primary amides is 1. The first-order valence-electron chi connectivity index (χ1n) is 25.8. The van der Waals surface area contributed by atoms with Gasteiger partial charge in [-0.1, -0.05) is 87.5 Å². The molecule has 0 aliphatic carbocycles. The Morgan fingerprint density at radius 3 is 2.19 bits per heavy atom. The number of rotatable bonds is 22. The molecule has 7 N–H and O–H groups in total. The first-order valence-corrected chi connectivity index (χ1v) is 26.7. The number of aliphatic carboxylic acids is 1. The number of benzene rings is 3. The van der Waals surface area contributed by atoms with E-state index in [1.54, 1.807) is 16.2 Å². The Labute approximate surface area is 438 Å². The number of ketones is 2. The summed E-state index contributed by atoms with van der Waals surface area (Å²) in [6.07, 6.45) is 4.27. The van der Waals surface area contributed by atoms with Gasteiger partial charge in [-0.25, -0.2) is 4.98 Å². The summed E-state index contributed by atoms with van der Waals surface area (Å²) < 4.78 is 6.32. The highest BCUT2D eigenvalue weighted by molar-refractivity contribution is 7.13. The van der Waals surface area contributed by atoms with E-state index in [0.717, 1.165) is 69.4 Å². The van der Waals surface area contributed by atoms with Crippen molar-refractivity contribution in [2.24, 2.45) is 22.8 Å². The number of likely N-dealkylation sites (tertiary alicyclic amines) is 1. The smallest absolute Gasteiger partial charge is 0.300 e. The lowest BCUT2D eigenvalue weighted by molar-refractivity contribution is -0.143. The van der Waals surface area contributed by atoms with Crippen molar-refractivity contribution < 1.29 is 48.5 Å². The number of carboxylic acid groups (broad SMARTS) is 1. The lowest BCUT2D eigenvalue weighted by Crippen LogP contribution is -2.56. The summed E-state index contributed by atoms with van der Waals surface area (Å²) in [4.78, 5) is 98.0. The van der Waals surface area contributed by atoms with Gasteiger partial charge in [-0.05, 0) is 104 Å². The average molecular weight is 1040 g/mol. The van der Waals surface area contributed by atoms with Gasteiger partial charge < -0.3 is 36.6 Å². The Hall–Kier alpha value is -6.14. The summed E-state index contributed by atoms with van der Waals surface area (Å²) in [5.41, 5.74) is 20.9. The van der Waals surface area contributed by atoms with Gasteiger partial charge in [-0.2, -0.15) is 0 Å². The molecule has 4 amide bonds. The van der Waals surface area contributed by atoms with Crippen LogP contribution in [0.5, 0.6) is 0 Å². The lowest BCUT2D eigenvalue weighted by Gasteiger charge is -2.35. The van der Waals surface area contributed by atoms with Crippen LogP contribution in [0, 0.1) is 18.3 Å². The summed E-state index contributed by atoms with van der Waals surface area (Å²) in [6.45, 7) is 11.0. The van der Waals surface area contributed by atoms with Crippen LogP contribution < -0.4 is 21.7 Å². The molecule has 4 aromatic rings. The first-order chi connectivity index (χ1) is 35.1. The summed E-state index contributed by atoms with van der Waals surface area (Å²) in [7, 11) is 0. The van der Waals surface area contributed by atoms with E-state index in [9.17, 15) is 33.9 Å². The zero-order chi connectivity index (χ0) is 53.9. The molecule has 398 valence electrons. The van der Waals surface area contributed by atoms with Gasteiger partial charge in [0.2, 0.25) is 23.6 Å². The third-order valence-corrected chi connectivity index (χ3v) is 15.3. The molecular formula is C57H74N6O10S. The molecular weight excluding hydrogens is 961 g/mol. The van der Waals surface area contributed by atoms with Gasteiger partial charge in [0.15, 0.2) is 11.6 Å². The van der Waals surface area contributed by atoms with Crippen LogP contribution in [0.2, 0.25) is 0 Å². The number of anilines is 1. The van der Waals surface area contributed by atoms with E-state index in [2.05, 4.69) is 10.3 Å². The Morgan fingerprint density at radius 1 is 0.892 bits per heavy atom. The number of aliphatic hydroxyl groups is 1. The molecule has 0 saturated carbocycles. The highest BCUT2D eigenvalue weighted by atomic mass is 32.1. The molecule has 1 saturated heterocycles. The number of nitrogens with zero attached hydrogens (tertiary/aromatic N) is 3. The van der Waals surface area contributed by atoms with E-state index in [4.69, 9.17) is 26.1 Å². The normalized spacial score (nSPS) is 19.4. The highest BCUT2D eigenvalue weighted by Crippen LogP contribution is 2.40. The molecule has 4 heterocycles. The number of carbonyl (C=O) groups is 7. The van der Waals surface area contributed by atoms with Gasteiger partial charge in [0.1, 0.15) is 6.04 Å². The molecule has 0 bridgehead atoms. The Bertz CT molecular complexity index is 2620. The second-order valence-corrected chi connectivity index (χ2v) is 22.0. The molecule has 7 atom stereocenters. The maximum absolute atomic E-state index is 14.1. The molecule has 3 aromatic carbocycles. The standard InChI is InChI=1S/C55H70N6O8S.C2H4O2/c1-33-51(70-32-58-33)39-20-17-36(18-21-39)19-25-46(63)44-29-42(62)30-60(44)54(68)52(55(3,4)5)59-49(66)12-7-6-9-35-13-15-37(16-14-35)31-69-34(2)40(23-26-48(57)65)28-47(64)45-27-41-11-8-10-38-22-24-43(56)53(67)61(45)50(38)41;1-2(3)4/h8,10-11,13-18,20-21,32,34,40,42-45,52,62H,6-7,9,12,19,22-31,56H2,1-5H3,(H2,57,65)(H,59,66);1H3,(H,3,4)/t34-,40-,42+,43+,44+,45+,52-;/m1./s1. The predicted octanol–water partition coefficient (Wildman–Crippen LogP) is 6.59. The van der Waals surface area contributed by atoms with E-state index in [0.29, 0.717) is 45.1 Å². The largest absolute Gasteiger partial charge is 0.481 e. The molecule has 16 nitrogen and oxygen atoms in total. The zero-order valence-electron chi connectivity index (χ0n) is 43.6. The van der Waals surface area contributed by atoms with Crippen molar-refractivity contribution in [2.75, 3.05) is 11.4 Å². The molecule has 74 heavy (non-hydrogen) atoms. The third kappa shape index (κ3) is 15.2. The minimum absolute atomic E-state index is 0.0409. The van der Waals surface area contributed by atoms with E-state index in [1.807, 2.05) is 107 Å². The number of aryl methyl sites for hydroxylation is 4. The first kappa shape index (κ1) is 57.1. The maximum Gasteiger partial charge on any atom is 0.300 e. The molecule has 1 aromatic heterocycles. The van der Waals surface area contributed by atoms with Gasteiger partial charge in [0, 0.05) is 52.0 Å². The van der Waals surface area contributed by atoms with Gasteiger partial charge in [0.05, 0.1) is 58.7 Å². The molecule has 7 rings (SSSR count). The number of β-amino-alcohol motifs (C(OH)–C–C–N with tert-alkyl or cyclic N) is 1. The van der Waals surface area contributed by atoms with Crippen molar-refractivity contribution in [3.63, 3.8) is 0 Å². The number of hydrogen-bond donors (Lipinski definition) is 5. The number of carbonyl (C=O) groups excluding carboxylic acids is 6. The topological polar surface area (TPSA) is 253 Å². The number of ether oxygens (including phenoxy) is 1. The summed E-state index contributed by atoms with van der Waals surface area (Å²) >= 11 is 1.59. The average Bonchev–Trinajstić information content (AvgIpc) is 4.07. The van der Waals surface area contributed by atoms with Gasteiger partial charge in [-0.15, -0.1) is 11.3 Å². The fourth-order valence-corrected chi connectivity index (χ4v) is 11.0. The minimum Gasteiger partial charge on any atom is -0.481 e. The quantitative estimate of drug-likeness (QED) is 0.0523. The molecule has 1 fully saturated rings. The van der Waals surface area contributed by atoms with Crippen molar-refractivity contribution in [1.29, 1.82) is 0 Å². The van der Waals surface area contributed by atoms with Gasteiger partial charge in [-0.3, -0.25) is 38.5 Å². The summed E-state index contributed by atoms with van der Waals surface area (Å²) in [6, 6.07) is 19.1. The number of aliphatic hydroxyl groups excluding tert-OH is 1. The minimum atomic E-state index is -0.877. The lowest BCUT2D eigenvalue weighted by atomic mass is 9.85. The van der Waals surface area contributed by atoms with Crippen molar-refractivity contribution >= 4 is 58.2 Å². The number of para-hydroxylation sites is 1. The van der Waals surface area contributed by atoms with Crippen LogP contribution in [0.25, 0.3) is 10.4 Å². The second-order valence-electron chi connectivity index (χ2n) is 21.2. The third-order valence-electron chi connectivity index (χ3n) is 14.3. The number of carboxylic acids is 1. The van der Waals surface area contributed by atoms with E-state index >= 15 is 0 Å². The number of nitrogens with two attached hydrogens (primary N) is 2. The monoisotopic (exact) mass is 1030 g/mol. The van der Waals surface area contributed by atoms with E-state index in [-0.39, 0.29) is 80.0 Å². The number of Topliss-reactive ketones (excluding diaryl/α,β-unsaturated/α-hetero) is 2. The van der Waals surface area contributed by atoms with Gasteiger partial charge in [0.25, 0.3) is 5.97 Å². The Balaban J connectivity index is 0.00000215. The van der Waals surface area contributed by atoms with Crippen LogP contribution >= 0.6 is 11.3 Å². The number of thiazole rings is 1. The molecule has 17 heteroatoms. The molecule has 0 unspecified atom stereocenters. The number of unbranched alkanes of at least 4 members (excludes halogenated alkanes) is 1. The number of nitrogens with one attached hydrogen (secondary N) is 1.